The number of aromatic nitrogens is 1. The summed E-state index contributed by atoms with van der Waals surface area (Å²) in [6.07, 6.45) is -1.17. The quantitative estimate of drug-likeness (QED) is 0.252. The number of carbonyl (C=O) groups is 1. The Bertz CT molecular complexity index is 1240. The molecule has 1 amide bonds. The first-order valence-electron chi connectivity index (χ1n) is 11.0. The van der Waals surface area contributed by atoms with Crippen LogP contribution >= 0.6 is 45.0 Å². The molecule has 35 heavy (non-hydrogen) atoms. The normalized spacial score (nSPS) is 18.1. The number of carbonyl (C=O) groups excluding carboxylic acids is 1. The molecule has 0 bridgehead atoms. The molecule has 0 spiro atoms. The molecule has 0 unspecified atom stereocenters. The van der Waals surface area contributed by atoms with Crippen molar-refractivity contribution >= 4 is 67.5 Å². The lowest BCUT2D eigenvalue weighted by molar-refractivity contribution is -0.187. The van der Waals surface area contributed by atoms with Crippen LogP contribution in [0.5, 0.6) is 0 Å². The second-order valence-electron chi connectivity index (χ2n) is 8.58. The maximum absolute atomic E-state index is 12.7. The van der Waals surface area contributed by atoms with Crippen molar-refractivity contribution in [1.29, 1.82) is 0 Å². The maximum Gasteiger partial charge on any atom is 0.471 e. The van der Waals surface area contributed by atoms with E-state index < -0.39 is 12.1 Å². The first kappa shape index (κ1) is 25.0. The fraction of sp³-hybridized carbons (Fsp3) is 0.348. The third-order valence-corrected chi connectivity index (χ3v) is 9.10. The summed E-state index contributed by atoms with van der Waals surface area (Å²) in [7, 11) is 3.05. The molecule has 186 valence electrons. The topological polar surface area (TPSA) is 51.4 Å². The molecule has 1 saturated carbocycles. The molecule has 2 aliphatic rings. The number of aromatic amines is 1. The minimum atomic E-state index is -4.81. The molecule has 0 atom stereocenters. The number of halogens is 5. The van der Waals surface area contributed by atoms with Crippen LogP contribution in [0.4, 0.5) is 18.9 Å². The van der Waals surface area contributed by atoms with Gasteiger partial charge in [-0.25, -0.2) is 0 Å². The lowest BCUT2D eigenvalue weighted by atomic mass is 10.0. The van der Waals surface area contributed by atoms with Crippen molar-refractivity contribution in [3.05, 3.63) is 58.2 Å². The largest absolute Gasteiger partial charge is 0.471 e. The number of hydrogen-bond acceptors (Lipinski definition) is 5. The van der Waals surface area contributed by atoms with Gasteiger partial charge in [0.05, 0.1) is 21.2 Å². The van der Waals surface area contributed by atoms with Crippen LogP contribution in [-0.2, 0) is 10.3 Å². The first-order chi connectivity index (χ1) is 16.7. The van der Waals surface area contributed by atoms with Crippen molar-refractivity contribution in [2.24, 2.45) is 0 Å². The highest BCUT2D eigenvalue weighted by Crippen LogP contribution is 2.51. The van der Waals surface area contributed by atoms with Gasteiger partial charge in [0.15, 0.2) is 0 Å². The van der Waals surface area contributed by atoms with Crippen LogP contribution in [0.15, 0.2) is 47.5 Å². The van der Waals surface area contributed by atoms with Gasteiger partial charge in [-0.2, -0.15) is 13.2 Å². The van der Waals surface area contributed by atoms with E-state index in [1.165, 1.54) is 11.0 Å². The Labute approximate surface area is 218 Å². The smallest absolute Gasteiger partial charge is 0.358 e. The highest BCUT2D eigenvalue weighted by molar-refractivity contribution is 8.77. The van der Waals surface area contributed by atoms with Crippen LogP contribution in [0.25, 0.3) is 10.9 Å². The Kier molecular flexibility index (Phi) is 6.86. The van der Waals surface area contributed by atoms with Crippen molar-refractivity contribution in [1.82, 2.24) is 14.8 Å². The third-order valence-electron chi connectivity index (χ3n) is 6.56. The molecule has 1 aliphatic carbocycles. The van der Waals surface area contributed by atoms with E-state index in [1.807, 2.05) is 6.07 Å². The summed E-state index contributed by atoms with van der Waals surface area (Å²) in [6, 6.07) is 12.0. The van der Waals surface area contributed by atoms with Gasteiger partial charge in [0, 0.05) is 59.2 Å². The number of H-pyrrole nitrogens is 1. The number of amides is 1. The lowest BCUT2D eigenvalue weighted by Gasteiger charge is -2.40. The van der Waals surface area contributed by atoms with Gasteiger partial charge in [0.2, 0.25) is 0 Å². The van der Waals surface area contributed by atoms with Crippen LogP contribution < -0.4 is 4.72 Å². The number of fused-ring (bicyclic) bond motifs is 1. The van der Waals surface area contributed by atoms with Crippen molar-refractivity contribution in [3.63, 3.8) is 0 Å². The van der Waals surface area contributed by atoms with Gasteiger partial charge in [-0.1, -0.05) is 35.3 Å². The number of hydrogen-bond donors (Lipinski definition) is 2. The molecular formula is C23H21Cl2F3N4OS2. The summed E-state index contributed by atoms with van der Waals surface area (Å²) < 4.78 is 41.5. The zero-order chi connectivity index (χ0) is 24.8. The number of anilines is 1. The van der Waals surface area contributed by atoms with Gasteiger partial charge < -0.3 is 14.6 Å². The average Bonchev–Trinajstić information content (AvgIpc) is 3.56. The van der Waals surface area contributed by atoms with Gasteiger partial charge in [-0.05, 0) is 53.5 Å². The second kappa shape index (κ2) is 9.63. The van der Waals surface area contributed by atoms with Gasteiger partial charge in [-0.15, -0.1) is 0 Å². The first-order valence-corrected chi connectivity index (χ1v) is 13.9. The van der Waals surface area contributed by atoms with E-state index >= 15 is 0 Å². The SMILES string of the molecule is O=C(N1CCN(C2(c3ccc(SSNc4ccc(Cl)c5c(Cl)c[nH]c45)cc3)CC2)CC1)C(F)(F)F. The number of rotatable bonds is 6. The maximum atomic E-state index is 12.7. The molecular weight excluding hydrogens is 540 g/mol. The molecule has 3 aromatic rings. The number of benzene rings is 2. The summed E-state index contributed by atoms with van der Waals surface area (Å²) in [6.45, 7) is 1.08. The standard InChI is InChI=1S/C23H21Cl2F3N4OS2/c24-16-5-6-18(20-19(16)17(25)13-29-20)30-35-34-15-3-1-14(2-4-15)22(7-8-22)32-11-9-31(10-12-32)21(33)23(26,27)28/h1-6,13,29-30H,7-12H2. The Morgan fingerprint density at radius 3 is 2.31 bits per heavy atom. The molecule has 2 N–H and O–H groups in total. The monoisotopic (exact) mass is 560 g/mol. The minimum absolute atomic E-state index is 0.0975. The van der Waals surface area contributed by atoms with Crippen molar-refractivity contribution < 1.29 is 18.0 Å². The van der Waals surface area contributed by atoms with Crippen molar-refractivity contribution in [2.45, 2.75) is 29.5 Å². The second-order valence-corrected chi connectivity index (χ2v) is 11.4. The minimum Gasteiger partial charge on any atom is -0.358 e. The molecule has 1 aromatic heterocycles. The number of nitrogens with zero attached hydrogens (tertiary/aromatic N) is 2. The Hall–Kier alpha value is -1.72. The Balaban J connectivity index is 1.18. The Morgan fingerprint density at radius 2 is 1.69 bits per heavy atom. The van der Waals surface area contributed by atoms with Gasteiger partial charge >= 0.3 is 12.1 Å². The molecule has 5 nitrogen and oxygen atoms in total. The molecule has 1 aliphatic heterocycles. The Morgan fingerprint density at radius 1 is 1.00 bits per heavy atom. The van der Waals surface area contributed by atoms with E-state index in [0.29, 0.717) is 23.1 Å². The summed E-state index contributed by atoms with van der Waals surface area (Å²) in [5, 5.41) is 1.95. The lowest BCUT2D eigenvalue weighted by Crippen LogP contribution is -2.54. The van der Waals surface area contributed by atoms with E-state index in [0.717, 1.165) is 44.8 Å². The summed E-state index contributed by atoms with van der Waals surface area (Å²) >= 11 is 12.5. The van der Waals surface area contributed by atoms with Crippen LogP contribution in [0.3, 0.4) is 0 Å². The van der Waals surface area contributed by atoms with Crippen LogP contribution in [-0.4, -0.2) is 53.0 Å². The highest BCUT2D eigenvalue weighted by Gasteiger charge is 2.51. The molecule has 2 heterocycles. The number of piperazine rings is 1. The molecule has 5 rings (SSSR count). The fourth-order valence-electron chi connectivity index (χ4n) is 4.61. The number of alkyl halides is 3. The van der Waals surface area contributed by atoms with Gasteiger partial charge in [0.25, 0.3) is 0 Å². The van der Waals surface area contributed by atoms with E-state index in [1.54, 1.807) is 23.1 Å². The predicted octanol–water partition coefficient (Wildman–Crippen LogP) is 6.94. The van der Waals surface area contributed by atoms with Crippen molar-refractivity contribution in [2.75, 3.05) is 30.9 Å². The summed E-state index contributed by atoms with van der Waals surface area (Å²) in [5.41, 5.74) is 2.75. The van der Waals surface area contributed by atoms with Crippen LogP contribution in [0, 0.1) is 0 Å². The number of nitrogens with one attached hydrogen (secondary N) is 2. The van der Waals surface area contributed by atoms with Crippen LogP contribution in [0.1, 0.15) is 18.4 Å². The van der Waals surface area contributed by atoms with Gasteiger partial charge in [-0.3, -0.25) is 9.69 Å². The molecule has 0 radical (unpaired) electrons. The zero-order valence-corrected chi connectivity index (χ0v) is 21.4. The fourth-order valence-corrected chi connectivity index (χ4v) is 6.83. The van der Waals surface area contributed by atoms with E-state index in [9.17, 15) is 18.0 Å². The van der Waals surface area contributed by atoms with Gasteiger partial charge in [0.1, 0.15) is 0 Å². The third kappa shape index (κ3) is 4.96. The average molecular weight is 561 g/mol. The summed E-state index contributed by atoms with van der Waals surface area (Å²) in [4.78, 5) is 18.9. The zero-order valence-electron chi connectivity index (χ0n) is 18.3. The molecule has 2 aromatic carbocycles. The predicted molar refractivity (Wildman–Crippen MR) is 137 cm³/mol. The van der Waals surface area contributed by atoms with Crippen LogP contribution in [0.2, 0.25) is 10.0 Å². The van der Waals surface area contributed by atoms with Crippen molar-refractivity contribution in [3.8, 4) is 0 Å². The molecule has 12 heteroatoms. The summed E-state index contributed by atoms with van der Waals surface area (Å²) in [5.74, 6) is -1.74. The molecule has 1 saturated heterocycles. The van der Waals surface area contributed by atoms with E-state index in [2.05, 4.69) is 38.9 Å². The van der Waals surface area contributed by atoms with E-state index in [-0.39, 0.29) is 18.6 Å². The highest BCUT2D eigenvalue weighted by atomic mass is 35.5. The van der Waals surface area contributed by atoms with E-state index in [4.69, 9.17) is 23.2 Å². The molecule has 2 fully saturated rings.